The second-order valence-electron chi connectivity index (χ2n) is 4.24. The van der Waals surface area contributed by atoms with E-state index in [-0.39, 0.29) is 5.41 Å². The smallest absolute Gasteiger partial charge is 0.245 e. The number of aromatic nitrogens is 2. The summed E-state index contributed by atoms with van der Waals surface area (Å²) in [6.45, 7) is 6.29. The molecule has 0 N–H and O–H groups in total. The summed E-state index contributed by atoms with van der Waals surface area (Å²) in [5, 5.41) is 0. The third-order valence-electron chi connectivity index (χ3n) is 1.95. The highest BCUT2D eigenvalue weighted by molar-refractivity contribution is 9.10. The van der Waals surface area contributed by atoms with Crippen LogP contribution in [-0.4, -0.2) is 9.97 Å². The van der Waals surface area contributed by atoms with Crippen molar-refractivity contribution in [3.05, 3.63) is 22.6 Å². The van der Waals surface area contributed by atoms with E-state index in [2.05, 4.69) is 46.7 Å². The SMILES string of the molecule is CC(C)(C)c1cc2nc(Br)cnc2o1. The van der Waals surface area contributed by atoms with Crippen LogP contribution in [0.5, 0.6) is 0 Å². The minimum Gasteiger partial charge on any atom is -0.441 e. The molecule has 0 aliphatic carbocycles. The first kappa shape index (κ1) is 9.65. The lowest BCUT2D eigenvalue weighted by Gasteiger charge is -2.13. The molecule has 0 spiro atoms. The average Bonchev–Trinajstić information content (AvgIpc) is 2.45. The molecule has 3 nitrogen and oxygen atoms in total. The van der Waals surface area contributed by atoms with Crippen LogP contribution in [0, 0.1) is 0 Å². The van der Waals surface area contributed by atoms with E-state index in [0.717, 1.165) is 15.9 Å². The second kappa shape index (κ2) is 3.05. The Balaban J connectivity index is 2.63. The van der Waals surface area contributed by atoms with E-state index in [0.29, 0.717) is 5.71 Å². The molecule has 4 heteroatoms. The molecule has 0 unspecified atom stereocenters. The third-order valence-corrected chi connectivity index (χ3v) is 2.33. The van der Waals surface area contributed by atoms with Crippen molar-refractivity contribution in [2.24, 2.45) is 0 Å². The predicted molar refractivity (Wildman–Crippen MR) is 58.2 cm³/mol. The van der Waals surface area contributed by atoms with Crippen LogP contribution in [0.4, 0.5) is 0 Å². The minimum absolute atomic E-state index is 0.00510. The van der Waals surface area contributed by atoms with Crippen LogP contribution >= 0.6 is 15.9 Å². The standard InChI is InChI=1S/C10H11BrN2O/c1-10(2,3)7-4-6-9(14-7)12-5-8(11)13-6/h4-5H,1-3H3. The van der Waals surface area contributed by atoms with Crippen molar-refractivity contribution < 1.29 is 4.42 Å². The van der Waals surface area contributed by atoms with E-state index in [1.807, 2.05) is 6.07 Å². The van der Waals surface area contributed by atoms with Crippen LogP contribution in [0.3, 0.4) is 0 Å². The van der Waals surface area contributed by atoms with Crippen LogP contribution in [0.1, 0.15) is 26.5 Å². The highest BCUT2D eigenvalue weighted by Gasteiger charge is 2.19. The molecule has 0 atom stereocenters. The molecule has 0 amide bonds. The molecule has 0 aromatic carbocycles. The Morgan fingerprint density at radius 3 is 2.71 bits per heavy atom. The van der Waals surface area contributed by atoms with Crippen LogP contribution in [0.15, 0.2) is 21.3 Å². The first-order valence-corrected chi connectivity index (χ1v) is 5.19. The van der Waals surface area contributed by atoms with Crippen molar-refractivity contribution in [1.29, 1.82) is 0 Å². The van der Waals surface area contributed by atoms with Crippen molar-refractivity contribution in [1.82, 2.24) is 9.97 Å². The minimum atomic E-state index is -0.00510. The fourth-order valence-electron chi connectivity index (χ4n) is 1.17. The van der Waals surface area contributed by atoms with E-state index in [9.17, 15) is 0 Å². The van der Waals surface area contributed by atoms with E-state index in [4.69, 9.17) is 4.42 Å². The molecule has 0 fully saturated rings. The highest BCUT2D eigenvalue weighted by atomic mass is 79.9. The number of nitrogens with zero attached hydrogens (tertiary/aromatic N) is 2. The van der Waals surface area contributed by atoms with Gasteiger partial charge >= 0.3 is 0 Å². The number of halogens is 1. The number of furan rings is 1. The zero-order valence-corrected chi connectivity index (χ0v) is 9.92. The van der Waals surface area contributed by atoms with E-state index < -0.39 is 0 Å². The maximum absolute atomic E-state index is 5.59. The summed E-state index contributed by atoms with van der Waals surface area (Å²) in [6, 6.07) is 1.94. The van der Waals surface area contributed by atoms with Gasteiger partial charge < -0.3 is 4.42 Å². The molecule has 14 heavy (non-hydrogen) atoms. The molecule has 2 heterocycles. The molecule has 2 aromatic heterocycles. The Bertz CT molecular complexity index is 470. The molecule has 0 bridgehead atoms. The zero-order valence-electron chi connectivity index (χ0n) is 8.34. The van der Waals surface area contributed by atoms with Crippen LogP contribution < -0.4 is 0 Å². The van der Waals surface area contributed by atoms with Gasteiger partial charge in [-0.15, -0.1) is 0 Å². The van der Waals surface area contributed by atoms with Gasteiger partial charge in [0.2, 0.25) is 5.71 Å². The number of fused-ring (bicyclic) bond motifs is 1. The van der Waals surface area contributed by atoms with Crippen LogP contribution in [-0.2, 0) is 5.41 Å². The summed E-state index contributed by atoms with van der Waals surface area (Å²) in [5.74, 6) is 0.908. The second-order valence-corrected chi connectivity index (χ2v) is 5.06. The van der Waals surface area contributed by atoms with Gasteiger partial charge in [-0.2, -0.15) is 0 Å². The number of rotatable bonds is 0. The Morgan fingerprint density at radius 2 is 2.07 bits per heavy atom. The molecule has 74 valence electrons. The van der Waals surface area contributed by atoms with Gasteiger partial charge in [0.05, 0.1) is 6.20 Å². The molecule has 0 aliphatic heterocycles. The Hall–Kier alpha value is -0.900. The molecular weight excluding hydrogens is 244 g/mol. The Morgan fingerprint density at radius 1 is 1.36 bits per heavy atom. The van der Waals surface area contributed by atoms with Gasteiger partial charge in [0, 0.05) is 11.5 Å². The molecule has 2 aromatic rings. The number of hydrogen-bond acceptors (Lipinski definition) is 3. The van der Waals surface area contributed by atoms with Crippen LogP contribution in [0.25, 0.3) is 11.2 Å². The monoisotopic (exact) mass is 254 g/mol. The lowest BCUT2D eigenvalue weighted by atomic mass is 9.93. The lowest BCUT2D eigenvalue weighted by Crippen LogP contribution is -2.08. The summed E-state index contributed by atoms with van der Waals surface area (Å²) < 4.78 is 6.32. The summed E-state index contributed by atoms with van der Waals surface area (Å²) in [4.78, 5) is 8.41. The van der Waals surface area contributed by atoms with Gasteiger partial charge in [-0.25, -0.2) is 9.97 Å². The fraction of sp³-hybridized carbons (Fsp3) is 0.400. The Kier molecular flexibility index (Phi) is 2.10. The van der Waals surface area contributed by atoms with E-state index in [1.54, 1.807) is 6.20 Å². The zero-order chi connectivity index (χ0) is 10.3. The van der Waals surface area contributed by atoms with Gasteiger partial charge in [0.15, 0.2) is 0 Å². The molecule has 2 rings (SSSR count). The number of hydrogen-bond donors (Lipinski definition) is 0. The van der Waals surface area contributed by atoms with Crippen molar-refractivity contribution in [2.45, 2.75) is 26.2 Å². The normalized spacial score (nSPS) is 12.3. The van der Waals surface area contributed by atoms with Gasteiger partial charge in [0.1, 0.15) is 15.9 Å². The largest absolute Gasteiger partial charge is 0.441 e. The average molecular weight is 255 g/mol. The van der Waals surface area contributed by atoms with Crippen molar-refractivity contribution >= 4 is 27.2 Å². The van der Waals surface area contributed by atoms with Crippen molar-refractivity contribution in [2.75, 3.05) is 0 Å². The van der Waals surface area contributed by atoms with E-state index >= 15 is 0 Å². The molecule has 0 saturated carbocycles. The first-order chi connectivity index (χ1) is 6.47. The lowest BCUT2D eigenvalue weighted by molar-refractivity contribution is 0.426. The van der Waals surface area contributed by atoms with Gasteiger partial charge in [-0.05, 0) is 15.9 Å². The van der Waals surface area contributed by atoms with E-state index in [1.165, 1.54) is 0 Å². The highest BCUT2D eigenvalue weighted by Crippen LogP contribution is 2.27. The first-order valence-electron chi connectivity index (χ1n) is 4.39. The molecule has 0 aliphatic rings. The quantitative estimate of drug-likeness (QED) is 0.725. The molecule has 0 radical (unpaired) electrons. The maximum Gasteiger partial charge on any atom is 0.245 e. The predicted octanol–water partition coefficient (Wildman–Crippen LogP) is 3.28. The Labute approximate surface area is 90.7 Å². The van der Waals surface area contributed by atoms with Crippen LogP contribution in [0.2, 0.25) is 0 Å². The summed E-state index contributed by atoms with van der Waals surface area (Å²) in [7, 11) is 0. The summed E-state index contributed by atoms with van der Waals surface area (Å²) >= 11 is 3.28. The topological polar surface area (TPSA) is 38.9 Å². The van der Waals surface area contributed by atoms with Gasteiger partial charge in [0.25, 0.3) is 0 Å². The molecule has 0 saturated heterocycles. The molecular formula is C10H11BrN2O. The maximum atomic E-state index is 5.59. The van der Waals surface area contributed by atoms with Gasteiger partial charge in [-0.3, -0.25) is 0 Å². The summed E-state index contributed by atoms with van der Waals surface area (Å²) in [6.07, 6.45) is 1.64. The third kappa shape index (κ3) is 1.66. The summed E-state index contributed by atoms with van der Waals surface area (Å²) in [5.41, 5.74) is 1.39. The van der Waals surface area contributed by atoms with Crippen molar-refractivity contribution in [3.8, 4) is 0 Å². The fourth-order valence-corrected chi connectivity index (χ4v) is 1.46. The van der Waals surface area contributed by atoms with Crippen molar-refractivity contribution in [3.63, 3.8) is 0 Å². The van der Waals surface area contributed by atoms with Gasteiger partial charge in [-0.1, -0.05) is 20.8 Å².